The number of hydrogen-bond acceptors (Lipinski definition) is 2. The fraction of sp³-hybridized carbons (Fsp3) is 1.00. The number of hydrazine groups is 1. The molecule has 0 heterocycles. The maximum absolute atomic E-state index is 5.26. The predicted octanol–water partition coefficient (Wildman–Crippen LogP) is 0.921. The van der Waals surface area contributed by atoms with Crippen molar-refractivity contribution in [3.63, 3.8) is 0 Å². The molecule has 0 saturated heterocycles. The van der Waals surface area contributed by atoms with Crippen molar-refractivity contribution in [2.24, 2.45) is 5.84 Å². The summed E-state index contributed by atoms with van der Waals surface area (Å²) in [5, 5.41) is 0. The average molecular weight is 200 g/mol. The molecule has 0 spiro atoms. The second-order valence-electron chi connectivity index (χ2n) is 1.44. The maximum Gasteiger partial charge on any atom is 0.0367 e. The van der Waals surface area contributed by atoms with Gasteiger partial charge in [0.05, 0.1) is 0 Å². The normalized spacial score (nSPS) is 11.0. The van der Waals surface area contributed by atoms with E-state index >= 15 is 0 Å². The monoisotopic (exact) mass is 200 g/mol. The first kappa shape index (κ1) is 6.65. The molecular formula is C3H9IN2. The molecule has 0 rings (SSSR count). The third kappa shape index (κ3) is 2.87. The second kappa shape index (κ2) is 2.76. The van der Waals surface area contributed by atoms with Gasteiger partial charge in [-0.3, -0.25) is 5.84 Å². The maximum atomic E-state index is 5.26. The van der Waals surface area contributed by atoms with E-state index in [2.05, 4.69) is 0 Å². The summed E-state index contributed by atoms with van der Waals surface area (Å²) in [6, 6.07) is 0.450. The van der Waals surface area contributed by atoms with Crippen LogP contribution in [0.4, 0.5) is 0 Å². The smallest absolute Gasteiger partial charge is 0.0367 e. The van der Waals surface area contributed by atoms with Crippen molar-refractivity contribution in [3.05, 3.63) is 0 Å². The highest BCUT2D eigenvalue weighted by Crippen LogP contribution is 1.94. The van der Waals surface area contributed by atoms with Crippen molar-refractivity contribution < 1.29 is 0 Å². The highest BCUT2D eigenvalue weighted by Gasteiger charge is 1.93. The van der Waals surface area contributed by atoms with Gasteiger partial charge in [0.2, 0.25) is 0 Å². The predicted molar refractivity (Wildman–Crippen MR) is 35.2 cm³/mol. The van der Waals surface area contributed by atoms with Crippen LogP contribution < -0.4 is 5.84 Å². The van der Waals surface area contributed by atoms with Crippen LogP contribution in [0.15, 0.2) is 0 Å². The van der Waals surface area contributed by atoms with Crippen LogP contribution in [0.25, 0.3) is 0 Å². The number of hydrogen-bond donors (Lipinski definition) is 1. The average Bonchev–Trinajstić information content (AvgIpc) is 1.36. The first-order valence-corrected chi connectivity index (χ1v) is 2.80. The van der Waals surface area contributed by atoms with Crippen LogP contribution >= 0.6 is 22.9 Å². The van der Waals surface area contributed by atoms with E-state index < -0.39 is 0 Å². The largest absolute Gasteiger partial charge is 0.259 e. The molecule has 0 radical (unpaired) electrons. The van der Waals surface area contributed by atoms with Crippen molar-refractivity contribution in [2.75, 3.05) is 0 Å². The zero-order valence-corrected chi connectivity index (χ0v) is 6.14. The number of nitrogens with two attached hydrogens (primary N) is 1. The second-order valence-corrected chi connectivity index (χ2v) is 2.55. The minimum absolute atomic E-state index is 0.450. The van der Waals surface area contributed by atoms with E-state index in [-0.39, 0.29) is 0 Å². The molecule has 38 valence electrons. The van der Waals surface area contributed by atoms with Crippen LogP contribution in [0.3, 0.4) is 0 Å². The van der Waals surface area contributed by atoms with Gasteiger partial charge in [0.25, 0.3) is 0 Å². The third-order valence-corrected chi connectivity index (χ3v) is 1.61. The standard InChI is InChI=1S/C3H9IN2/c1-3(2)6(4)5/h3H,5H2,1-2H3. The van der Waals surface area contributed by atoms with Crippen LogP contribution in [-0.2, 0) is 0 Å². The Morgan fingerprint density at radius 3 is 1.83 bits per heavy atom. The first-order chi connectivity index (χ1) is 2.64. The van der Waals surface area contributed by atoms with Crippen molar-refractivity contribution in [1.29, 1.82) is 0 Å². The Balaban J connectivity index is 2.99. The third-order valence-electron chi connectivity index (χ3n) is 0.493. The first-order valence-electron chi connectivity index (χ1n) is 1.84. The van der Waals surface area contributed by atoms with Crippen LogP contribution in [0, 0.1) is 0 Å². The summed E-state index contributed by atoms with van der Waals surface area (Å²) in [5.74, 6) is 5.26. The van der Waals surface area contributed by atoms with Crippen LogP contribution in [0.2, 0.25) is 0 Å². The molecule has 0 unspecified atom stereocenters. The molecule has 0 aliphatic carbocycles. The number of nitrogens with zero attached hydrogens (tertiary/aromatic N) is 1. The van der Waals surface area contributed by atoms with Gasteiger partial charge in [-0.25, -0.2) is 0 Å². The SMILES string of the molecule is CC(C)N(N)I. The lowest BCUT2D eigenvalue weighted by Gasteiger charge is -2.08. The lowest BCUT2D eigenvalue weighted by molar-refractivity contribution is 0.450. The van der Waals surface area contributed by atoms with Crippen LogP contribution in [-0.4, -0.2) is 9.26 Å². The highest BCUT2D eigenvalue weighted by atomic mass is 127. The summed E-state index contributed by atoms with van der Waals surface area (Å²) in [6.07, 6.45) is 0. The van der Waals surface area contributed by atoms with E-state index in [4.69, 9.17) is 5.84 Å². The van der Waals surface area contributed by atoms with Crippen LogP contribution in [0.5, 0.6) is 0 Å². The molecule has 0 aromatic rings. The van der Waals surface area contributed by atoms with E-state index in [0.717, 1.165) is 0 Å². The molecule has 0 aliphatic heterocycles. The Morgan fingerprint density at radius 1 is 1.67 bits per heavy atom. The summed E-state index contributed by atoms with van der Waals surface area (Å²) in [5.41, 5.74) is 0. The summed E-state index contributed by atoms with van der Waals surface area (Å²) >= 11 is 2.04. The Morgan fingerprint density at radius 2 is 1.83 bits per heavy atom. The molecule has 0 bridgehead atoms. The molecule has 3 heteroatoms. The molecule has 0 aliphatic rings. The minimum atomic E-state index is 0.450. The molecule has 0 fully saturated rings. The molecule has 0 atom stereocenters. The molecule has 2 nitrogen and oxygen atoms in total. The van der Waals surface area contributed by atoms with Crippen molar-refractivity contribution in [1.82, 2.24) is 3.22 Å². The molecule has 0 amide bonds. The van der Waals surface area contributed by atoms with Gasteiger partial charge in [0.1, 0.15) is 0 Å². The van der Waals surface area contributed by atoms with E-state index in [1.807, 2.05) is 36.7 Å². The molecule has 0 aromatic heterocycles. The molecule has 0 saturated carbocycles. The van der Waals surface area contributed by atoms with E-state index in [1.54, 1.807) is 3.22 Å². The summed E-state index contributed by atoms with van der Waals surface area (Å²) in [7, 11) is 0. The molecule has 2 N–H and O–H groups in total. The van der Waals surface area contributed by atoms with E-state index in [1.165, 1.54) is 0 Å². The minimum Gasteiger partial charge on any atom is -0.259 e. The Labute approximate surface area is 52.2 Å². The molecule has 0 aromatic carbocycles. The zero-order valence-electron chi connectivity index (χ0n) is 3.98. The Hall–Kier alpha value is 0.650. The molecule has 6 heavy (non-hydrogen) atoms. The summed E-state index contributed by atoms with van der Waals surface area (Å²) in [4.78, 5) is 0. The van der Waals surface area contributed by atoms with Gasteiger partial charge in [-0.05, 0) is 13.8 Å². The van der Waals surface area contributed by atoms with E-state index in [0.29, 0.717) is 6.04 Å². The zero-order chi connectivity index (χ0) is 5.15. The fourth-order valence-corrected chi connectivity index (χ4v) is 0. The van der Waals surface area contributed by atoms with Gasteiger partial charge >= 0.3 is 0 Å². The summed E-state index contributed by atoms with van der Waals surface area (Å²) in [6.45, 7) is 4.07. The van der Waals surface area contributed by atoms with Gasteiger partial charge < -0.3 is 0 Å². The van der Waals surface area contributed by atoms with Crippen molar-refractivity contribution in [2.45, 2.75) is 19.9 Å². The Bertz CT molecular complexity index is 29.8. The van der Waals surface area contributed by atoms with Crippen molar-refractivity contribution in [3.8, 4) is 0 Å². The van der Waals surface area contributed by atoms with E-state index in [9.17, 15) is 0 Å². The van der Waals surface area contributed by atoms with Gasteiger partial charge in [0, 0.05) is 28.9 Å². The Kier molecular flexibility index (Phi) is 3.06. The van der Waals surface area contributed by atoms with Gasteiger partial charge in [-0.1, -0.05) is 0 Å². The van der Waals surface area contributed by atoms with Gasteiger partial charge in [-0.2, -0.15) is 3.22 Å². The van der Waals surface area contributed by atoms with Crippen molar-refractivity contribution >= 4 is 22.9 Å². The van der Waals surface area contributed by atoms with Gasteiger partial charge in [0.15, 0.2) is 0 Å². The van der Waals surface area contributed by atoms with Crippen LogP contribution in [0.1, 0.15) is 13.8 Å². The lowest BCUT2D eigenvalue weighted by Crippen LogP contribution is -2.26. The highest BCUT2D eigenvalue weighted by molar-refractivity contribution is 14.1. The molecular weight excluding hydrogens is 191 g/mol. The number of halogens is 1. The number of rotatable bonds is 1. The summed E-state index contributed by atoms with van der Waals surface area (Å²) < 4.78 is 1.64. The fourth-order valence-electron chi connectivity index (χ4n) is 0. The quantitative estimate of drug-likeness (QED) is 0.295. The topological polar surface area (TPSA) is 29.3 Å². The van der Waals surface area contributed by atoms with Gasteiger partial charge in [-0.15, -0.1) is 0 Å². The lowest BCUT2D eigenvalue weighted by atomic mass is 10.4.